The third kappa shape index (κ3) is 4.87. The molecule has 0 amide bonds. The average molecular weight is 695 g/mol. The lowest BCUT2D eigenvalue weighted by Crippen LogP contribution is -2.44. The first-order valence-electron chi connectivity index (χ1n) is 18.3. The Balaban J connectivity index is 1.38. The second kappa shape index (κ2) is 11.5. The number of hydrogen-bond acceptors (Lipinski definition) is 6. The lowest BCUT2D eigenvalue weighted by molar-refractivity contribution is -0.0941. The molecule has 1 unspecified atom stereocenters. The molecule has 9 rings (SSSR count). The molecular formula is C46H46O6. The summed E-state index contributed by atoms with van der Waals surface area (Å²) in [5.74, 6) is 3.78. The van der Waals surface area contributed by atoms with E-state index in [9.17, 15) is 0 Å². The van der Waals surface area contributed by atoms with E-state index in [0.717, 1.165) is 64.0 Å². The van der Waals surface area contributed by atoms with Crippen LogP contribution in [0.2, 0.25) is 0 Å². The van der Waals surface area contributed by atoms with Crippen LogP contribution in [0.1, 0.15) is 74.8 Å². The minimum absolute atomic E-state index is 0.117. The van der Waals surface area contributed by atoms with Gasteiger partial charge in [-0.3, -0.25) is 0 Å². The van der Waals surface area contributed by atoms with E-state index in [1.807, 2.05) is 24.3 Å². The zero-order chi connectivity index (χ0) is 36.0. The first kappa shape index (κ1) is 32.9. The van der Waals surface area contributed by atoms with E-state index < -0.39 is 11.9 Å². The predicted octanol–water partition coefficient (Wildman–Crippen LogP) is 10.5. The van der Waals surface area contributed by atoms with Crippen molar-refractivity contribution in [2.45, 2.75) is 64.3 Å². The molecule has 52 heavy (non-hydrogen) atoms. The second-order valence-electron chi connectivity index (χ2n) is 16.5. The number of ether oxygens (including phenoxy) is 6. The fourth-order valence-corrected chi connectivity index (χ4v) is 10.5. The van der Waals surface area contributed by atoms with Crippen molar-refractivity contribution < 1.29 is 28.4 Å². The predicted molar refractivity (Wildman–Crippen MR) is 205 cm³/mol. The Labute approximate surface area is 306 Å². The summed E-state index contributed by atoms with van der Waals surface area (Å²) in [6.07, 6.45) is 7.35. The molecular weight excluding hydrogens is 648 g/mol. The molecule has 5 aromatic rings. The molecule has 5 aromatic carbocycles. The first-order valence-corrected chi connectivity index (χ1v) is 18.3. The summed E-state index contributed by atoms with van der Waals surface area (Å²) in [4.78, 5) is 0. The smallest absolute Gasteiger partial charge is 0.234 e. The maximum atomic E-state index is 7.66. The van der Waals surface area contributed by atoms with Gasteiger partial charge in [0.15, 0.2) is 23.7 Å². The van der Waals surface area contributed by atoms with E-state index in [4.69, 9.17) is 28.4 Å². The van der Waals surface area contributed by atoms with Crippen LogP contribution >= 0.6 is 0 Å². The largest absolute Gasteiger partial charge is 0.497 e. The minimum atomic E-state index is -0.940. The van der Waals surface area contributed by atoms with Gasteiger partial charge in [-0.1, -0.05) is 82.3 Å². The molecule has 0 aromatic heterocycles. The van der Waals surface area contributed by atoms with Crippen molar-refractivity contribution in [1.82, 2.24) is 0 Å². The third-order valence-electron chi connectivity index (χ3n) is 11.8. The Kier molecular flexibility index (Phi) is 7.30. The zero-order valence-electron chi connectivity index (χ0n) is 31.1. The SMILES string of the molecule is COc1ccc(C2(c3ccc(OC)cc3)C=Cc3c4c(c5cc6c(cc5c3O2)OCC(OC)O6)-c2ccccc2C42CC(C)(C)CC(C)(C)C2)cc1. The molecule has 1 atom stereocenters. The highest BCUT2D eigenvalue weighted by Crippen LogP contribution is 2.67. The van der Waals surface area contributed by atoms with Crippen molar-refractivity contribution in [2.24, 2.45) is 10.8 Å². The summed E-state index contributed by atoms with van der Waals surface area (Å²) >= 11 is 0. The van der Waals surface area contributed by atoms with Crippen LogP contribution in [0.25, 0.3) is 28.0 Å². The van der Waals surface area contributed by atoms with Gasteiger partial charge in [-0.15, -0.1) is 0 Å². The Hall–Kier alpha value is -4.94. The highest BCUT2D eigenvalue weighted by Gasteiger charge is 2.55. The van der Waals surface area contributed by atoms with Gasteiger partial charge in [-0.2, -0.15) is 0 Å². The summed E-state index contributed by atoms with van der Waals surface area (Å²) in [6.45, 7) is 10.1. The van der Waals surface area contributed by atoms with Crippen LogP contribution in [0.15, 0.2) is 91.0 Å². The molecule has 0 N–H and O–H groups in total. The maximum Gasteiger partial charge on any atom is 0.234 e. The van der Waals surface area contributed by atoms with Crippen LogP contribution in [0.5, 0.6) is 28.7 Å². The van der Waals surface area contributed by atoms with Crippen molar-refractivity contribution >= 4 is 16.8 Å². The van der Waals surface area contributed by atoms with Crippen LogP contribution in [-0.4, -0.2) is 34.2 Å². The second-order valence-corrected chi connectivity index (χ2v) is 16.5. The van der Waals surface area contributed by atoms with Gasteiger partial charge >= 0.3 is 0 Å². The van der Waals surface area contributed by atoms with Crippen LogP contribution in [0.4, 0.5) is 0 Å². The van der Waals surface area contributed by atoms with E-state index in [0.29, 0.717) is 18.1 Å². The fourth-order valence-electron chi connectivity index (χ4n) is 10.5. The molecule has 0 radical (unpaired) electrons. The molecule has 2 aliphatic carbocycles. The topological polar surface area (TPSA) is 55.4 Å². The molecule has 0 bridgehead atoms. The fraction of sp³-hybridized carbons (Fsp3) is 0.348. The molecule has 2 aliphatic heterocycles. The molecule has 4 aliphatic rings. The Morgan fingerprint density at radius 3 is 1.92 bits per heavy atom. The molecule has 1 spiro atoms. The lowest BCUT2D eigenvalue weighted by atomic mass is 9.52. The summed E-state index contributed by atoms with van der Waals surface area (Å²) in [5, 5.41) is 2.08. The normalized spacial score (nSPS) is 20.8. The van der Waals surface area contributed by atoms with Crippen molar-refractivity contribution in [3.63, 3.8) is 0 Å². The minimum Gasteiger partial charge on any atom is -0.497 e. The van der Waals surface area contributed by atoms with E-state index in [2.05, 4.69) is 101 Å². The standard InChI is InChI=1S/C46H46O6/c1-43(2)25-44(3,4)27-45(26-43)36-11-9-8-10-32(36)40-34-22-38-37(50-24-39(49-7)51-38)23-35(34)42-33(41(40)45)20-21-46(52-42,28-12-16-30(47-5)17-13-28)29-14-18-31(48-6)19-15-29/h8-23,39H,24-27H2,1-7H3. The number of rotatable bonds is 5. The summed E-state index contributed by atoms with van der Waals surface area (Å²) in [5.41, 5.74) is 7.50. The molecule has 6 heteroatoms. The van der Waals surface area contributed by atoms with Gasteiger partial charge < -0.3 is 28.4 Å². The quantitative estimate of drug-likeness (QED) is 0.183. The summed E-state index contributed by atoms with van der Waals surface area (Å²) in [6, 6.07) is 29.7. The molecule has 1 saturated carbocycles. The Morgan fingerprint density at radius 2 is 1.31 bits per heavy atom. The van der Waals surface area contributed by atoms with Gasteiger partial charge in [-0.05, 0) is 100 Å². The molecule has 1 fully saturated rings. The number of methoxy groups -OCH3 is 3. The maximum absolute atomic E-state index is 7.66. The molecule has 2 heterocycles. The van der Waals surface area contributed by atoms with Gasteiger partial charge in [-0.25, -0.2) is 0 Å². The van der Waals surface area contributed by atoms with Crippen LogP contribution in [-0.2, 0) is 15.8 Å². The average Bonchev–Trinajstić information content (AvgIpc) is 3.40. The molecule has 6 nitrogen and oxygen atoms in total. The highest BCUT2D eigenvalue weighted by atomic mass is 16.7. The van der Waals surface area contributed by atoms with Gasteiger partial charge in [0.05, 0.1) is 14.2 Å². The summed E-state index contributed by atoms with van der Waals surface area (Å²) < 4.78 is 37.1. The van der Waals surface area contributed by atoms with Crippen molar-refractivity contribution in [1.29, 1.82) is 0 Å². The van der Waals surface area contributed by atoms with Crippen LogP contribution in [0, 0.1) is 10.8 Å². The van der Waals surface area contributed by atoms with E-state index >= 15 is 0 Å². The van der Waals surface area contributed by atoms with Crippen LogP contribution < -0.4 is 23.7 Å². The lowest BCUT2D eigenvalue weighted by Gasteiger charge is -2.52. The monoisotopic (exact) mass is 694 g/mol. The van der Waals surface area contributed by atoms with E-state index in [-0.39, 0.29) is 16.2 Å². The van der Waals surface area contributed by atoms with Crippen LogP contribution in [0.3, 0.4) is 0 Å². The van der Waals surface area contributed by atoms with Gasteiger partial charge in [0.25, 0.3) is 0 Å². The first-order chi connectivity index (χ1) is 25.0. The Morgan fingerprint density at radius 1 is 0.692 bits per heavy atom. The third-order valence-corrected chi connectivity index (χ3v) is 11.8. The number of benzene rings is 5. The van der Waals surface area contributed by atoms with E-state index in [1.54, 1.807) is 21.3 Å². The van der Waals surface area contributed by atoms with Crippen molar-refractivity contribution in [2.75, 3.05) is 27.9 Å². The summed E-state index contributed by atoms with van der Waals surface area (Å²) in [7, 11) is 5.03. The van der Waals surface area contributed by atoms with Gasteiger partial charge in [0.1, 0.15) is 17.2 Å². The number of fused-ring (bicyclic) bond motifs is 11. The van der Waals surface area contributed by atoms with E-state index in [1.165, 1.54) is 22.3 Å². The van der Waals surface area contributed by atoms with Crippen molar-refractivity contribution in [3.8, 4) is 39.9 Å². The van der Waals surface area contributed by atoms with Gasteiger partial charge in [0, 0.05) is 34.6 Å². The Bertz CT molecular complexity index is 2180. The highest BCUT2D eigenvalue weighted by molar-refractivity contribution is 6.09. The molecule has 0 saturated heterocycles. The van der Waals surface area contributed by atoms with Gasteiger partial charge in [0.2, 0.25) is 6.29 Å². The molecule has 266 valence electrons. The zero-order valence-corrected chi connectivity index (χ0v) is 31.1. The van der Waals surface area contributed by atoms with Crippen molar-refractivity contribution in [3.05, 3.63) is 119 Å². The number of hydrogen-bond donors (Lipinski definition) is 0.